The van der Waals surface area contributed by atoms with E-state index in [0.717, 1.165) is 10.1 Å². The SMILES string of the molecule is Cc1nc2c(sc3cccc(Cl)c32)c(=O)[nH]1. The molecule has 0 saturated carbocycles. The smallest absolute Gasteiger partial charge is 0.268 e. The van der Waals surface area contributed by atoms with Crippen molar-refractivity contribution in [3.05, 3.63) is 39.4 Å². The van der Waals surface area contributed by atoms with Gasteiger partial charge in [0.25, 0.3) is 5.56 Å². The standard InChI is InChI=1S/C11H7ClN2OS/c1-5-13-9-8-6(12)3-2-4-7(8)16-10(9)11(15)14-5/h2-4H,1H3,(H,13,14,15). The van der Waals surface area contributed by atoms with Crippen LogP contribution < -0.4 is 5.56 Å². The summed E-state index contributed by atoms with van der Waals surface area (Å²) in [6.45, 7) is 1.77. The number of aromatic nitrogens is 2. The Balaban J connectivity index is 2.69. The van der Waals surface area contributed by atoms with Crippen molar-refractivity contribution < 1.29 is 0 Å². The highest BCUT2D eigenvalue weighted by Crippen LogP contribution is 2.34. The lowest BCUT2D eigenvalue weighted by atomic mass is 10.2. The number of halogens is 1. The summed E-state index contributed by atoms with van der Waals surface area (Å²) in [6.07, 6.45) is 0. The summed E-state index contributed by atoms with van der Waals surface area (Å²) in [6, 6.07) is 5.64. The van der Waals surface area contributed by atoms with E-state index in [-0.39, 0.29) is 5.56 Å². The van der Waals surface area contributed by atoms with Crippen LogP contribution in [0, 0.1) is 6.92 Å². The molecule has 3 rings (SSSR count). The second-order valence-corrected chi connectivity index (χ2v) is 5.00. The van der Waals surface area contributed by atoms with Crippen LogP contribution in [-0.2, 0) is 0 Å². The average molecular weight is 251 g/mol. The van der Waals surface area contributed by atoms with Gasteiger partial charge in [0.1, 0.15) is 10.5 Å². The van der Waals surface area contributed by atoms with Gasteiger partial charge >= 0.3 is 0 Å². The molecule has 0 bridgehead atoms. The molecule has 2 heterocycles. The lowest BCUT2D eigenvalue weighted by Crippen LogP contribution is -2.07. The van der Waals surface area contributed by atoms with E-state index in [1.165, 1.54) is 11.3 Å². The van der Waals surface area contributed by atoms with Gasteiger partial charge in [0, 0.05) is 10.1 Å². The molecular weight excluding hydrogens is 244 g/mol. The van der Waals surface area contributed by atoms with Crippen molar-refractivity contribution in [2.45, 2.75) is 6.92 Å². The Morgan fingerprint density at radius 3 is 3.06 bits per heavy atom. The van der Waals surface area contributed by atoms with Crippen molar-refractivity contribution in [3.8, 4) is 0 Å². The molecule has 0 amide bonds. The second-order valence-electron chi connectivity index (χ2n) is 3.54. The monoisotopic (exact) mass is 250 g/mol. The minimum Gasteiger partial charge on any atom is -0.310 e. The molecule has 0 aliphatic carbocycles. The maximum Gasteiger partial charge on any atom is 0.268 e. The largest absolute Gasteiger partial charge is 0.310 e. The zero-order valence-corrected chi connectivity index (χ0v) is 9.95. The van der Waals surface area contributed by atoms with Crippen LogP contribution in [0.1, 0.15) is 5.82 Å². The molecule has 0 aliphatic rings. The zero-order valence-electron chi connectivity index (χ0n) is 8.37. The van der Waals surface area contributed by atoms with E-state index in [2.05, 4.69) is 9.97 Å². The molecule has 16 heavy (non-hydrogen) atoms. The molecule has 80 valence electrons. The zero-order chi connectivity index (χ0) is 11.3. The fourth-order valence-electron chi connectivity index (χ4n) is 1.77. The molecule has 0 fully saturated rings. The number of H-pyrrole nitrogens is 1. The van der Waals surface area contributed by atoms with Crippen molar-refractivity contribution in [2.24, 2.45) is 0 Å². The van der Waals surface area contributed by atoms with Crippen molar-refractivity contribution in [1.29, 1.82) is 0 Å². The lowest BCUT2D eigenvalue weighted by Gasteiger charge is -1.95. The fourth-order valence-corrected chi connectivity index (χ4v) is 3.15. The lowest BCUT2D eigenvalue weighted by molar-refractivity contribution is 1.07. The Morgan fingerprint density at radius 1 is 1.44 bits per heavy atom. The van der Waals surface area contributed by atoms with Crippen LogP contribution >= 0.6 is 22.9 Å². The molecule has 0 aliphatic heterocycles. The molecular formula is C11H7ClN2OS. The average Bonchev–Trinajstić information content (AvgIpc) is 2.58. The Morgan fingerprint density at radius 2 is 2.25 bits per heavy atom. The van der Waals surface area contributed by atoms with Crippen LogP contribution in [0.3, 0.4) is 0 Å². The molecule has 0 saturated heterocycles. The Kier molecular flexibility index (Phi) is 2.02. The van der Waals surface area contributed by atoms with E-state index in [9.17, 15) is 4.79 Å². The number of nitrogens with one attached hydrogen (secondary N) is 1. The number of hydrogen-bond donors (Lipinski definition) is 1. The first-order valence-corrected chi connectivity index (χ1v) is 5.94. The van der Waals surface area contributed by atoms with E-state index >= 15 is 0 Å². The molecule has 1 aromatic carbocycles. The summed E-state index contributed by atoms with van der Waals surface area (Å²) in [5.74, 6) is 0.608. The van der Waals surface area contributed by atoms with Crippen LogP contribution in [0.4, 0.5) is 0 Å². The van der Waals surface area contributed by atoms with E-state index in [1.807, 2.05) is 18.2 Å². The number of benzene rings is 1. The van der Waals surface area contributed by atoms with Gasteiger partial charge < -0.3 is 4.98 Å². The predicted molar refractivity (Wildman–Crippen MR) is 67.5 cm³/mol. The molecule has 0 unspecified atom stereocenters. The first-order valence-electron chi connectivity index (χ1n) is 4.74. The number of hydrogen-bond acceptors (Lipinski definition) is 3. The Hall–Kier alpha value is -1.39. The molecule has 0 radical (unpaired) electrons. The van der Waals surface area contributed by atoms with Gasteiger partial charge in [-0.1, -0.05) is 17.7 Å². The number of rotatable bonds is 0. The van der Waals surface area contributed by atoms with Crippen LogP contribution in [0.2, 0.25) is 5.02 Å². The van der Waals surface area contributed by atoms with Gasteiger partial charge in [0.05, 0.1) is 10.5 Å². The summed E-state index contributed by atoms with van der Waals surface area (Å²) in [7, 11) is 0. The topological polar surface area (TPSA) is 45.8 Å². The molecule has 0 spiro atoms. The highest BCUT2D eigenvalue weighted by molar-refractivity contribution is 7.25. The summed E-state index contributed by atoms with van der Waals surface area (Å²) in [5.41, 5.74) is 0.603. The molecule has 3 aromatic rings. The Bertz CT molecular complexity index is 760. The highest BCUT2D eigenvalue weighted by Gasteiger charge is 2.12. The van der Waals surface area contributed by atoms with Gasteiger partial charge in [-0.15, -0.1) is 11.3 Å². The maximum atomic E-state index is 11.8. The second kappa shape index (κ2) is 3.30. The van der Waals surface area contributed by atoms with Crippen LogP contribution in [-0.4, -0.2) is 9.97 Å². The van der Waals surface area contributed by atoms with E-state index < -0.39 is 0 Å². The van der Waals surface area contributed by atoms with Crippen molar-refractivity contribution in [1.82, 2.24) is 9.97 Å². The third-order valence-corrected chi connectivity index (χ3v) is 3.88. The van der Waals surface area contributed by atoms with Gasteiger partial charge in [-0.3, -0.25) is 4.79 Å². The van der Waals surface area contributed by atoms with Crippen molar-refractivity contribution in [2.75, 3.05) is 0 Å². The minimum atomic E-state index is -0.0974. The van der Waals surface area contributed by atoms with Gasteiger partial charge in [-0.25, -0.2) is 4.98 Å². The fraction of sp³-hybridized carbons (Fsp3) is 0.0909. The van der Waals surface area contributed by atoms with E-state index in [0.29, 0.717) is 21.1 Å². The van der Waals surface area contributed by atoms with Crippen LogP contribution in [0.5, 0.6) is 0 Å². The van der Waals surface area contributed by atoms with Crippen LogP contribution in [0.15, 0.2) is 23.0 Å². The summed E-state index contributed by atoms with van der Waals surface area (Å²) in [4.78, 5) is 18.8. The maximum absolute atomic E-state index is 11.8. The Labute approximate surface area is 99.7 Å². The predicted octanol–water partition coefficient (Wildman–Crippen LogP) is 3.10. The van der Waals surface area contributed by atoms with Crippen molar-refractivity contribution in [3.63, 3.8) is 0 Å². The van der Waals surface area contributed by atoms with Gasteiger partial charge in [0.2, 0.25) is 0 Å². The van der Waals surface area contributed by atoms with E-state index in [4.69, 9.17) is 11.6 Å². The van der Waals surface area contributed by atoms with E-state index in [1.54, 1.807) is 6.92 Å². The van der Waals surface area contributed by atoms with Gasteiger partial charge in [-0.05, 0) is 19.1 Å². The molecule has 5 heteroatoms. The molecule has 2 aromatic heterocycles. The third-order valence-electron chi connectivity index (χ3n) is 2.42. The molecule has 3 nitrogen and oxygen atoms in total. The number of thiophene rings is 1. The third kappa shape index (κ3) is 1.27. The summed E-state index contributed by atoms with van der Waals surface area (Å²) in [5, 5.41) is 1.51. The molecule has 0 atom stereocenters. The van der Waals surface area contributed by atoms with Gasteiger partial charge in [0.15, 0.2) is 0 Å². The minimum absolute atomic E-state index is 0.0974. The number of nitrogens with zero attached hydrogens (tertiary/aromatic N) is 1. The first-order chi connectivity index (χ1) is 7.66. The highest BCUT2D eigenvalue weighted by atomic mass is 35.5. The number of fused-ring (bicyclic) bond motifs is 3. The molecule has 1 N–H and O–H groups in total. The van der Waals surface area contributed by atoms with Crippen LogP contribution in [0.25, 0.3) is 20.3 Å². The summed E-state index contributed by atoms with van der Waals surface area (Å²) >= 11 is 7.56. The van der Waals surface area contributed by atoms with Gasteiger partial charge in [-0.2, -0.15) is 0 Å². The summed E-state index contributed by atoms with van der Waals surface area (Å²) < 4.78 is 1.62. The first kappa shape index (κ1) is 9.81. The number of aromatic amines is 1. The quantitative estimate of drug-likeness (QED) is 0.666. The van der Waals surface area contributed by atoms with Crippen molar-refractivity contribution >= 4 is 43.2 Å². The number of aryl methyl sites for hydroxylation is 1. The normalized spacial score (nSPS) is 11.4.